The Morgan fingerprint density at radius 3 is 2.28 bits per heavy atom. The molecule has 0 unspecified atom stereocenters. The minimum Gasteiger partial charge on any atom is -0.469 e. The summed E-state index contributed by atoms with van der Waals surface area (Å²) in [5.41, 5.74) is 1.52. The Bertz CT molecular complexity index is 746. The number of carbonyl (C=O) groups is 2. The fraction of sp³-hybridized carbons (Fsp3) is 0.368. The van der Waals surface area contributed by atoms with Crippen LogP contribution in [0.2, 0.25) is 0 Å². The third-order valence-electron chi connectivity index (χ3n) is 4.55. The third kappa shape index (κ3) is 4.07. The highest BCUT2D eigenvalue weighted by atomic mass is 19.1. The summed E-state index contributed by atoms with van der Waals surface area (Å²) in [6.45, 7) is 3.87. The Kier molecular flexibility index (Phi) is 5.16. The van der Waals surface area contributed by atoms with E-state index in [4.69, 9.17) is 4.42 Å². The summed E-state index contributed by atoms with van der Waals surface area (Å²) in [7, 11) is 0. The van der Waals surface area contributed by atoms with Crippen LogP contribution in [0.15, 0.2) is 41.0 Å². The molecule has 3 rings (SSSR count). The topological polar surface area (TPSA) is 53.8 Å². The van der Waals surface area contributed by atoms with Gasteiger partial charge >= 0.3 is 0 Å². The van der Waals surface area contributed by atoms with Crippen LogP contribution in [0.5, 0.6) is 0 Å². The molecule has 1 aliphatic heterocycles. The molecule has 2 amide bonds. The molecule has 0 radical (unpaired) electrons. The van der Waals surface area contributed by atoms with E-state index in [0.717, 1.165) is 5.56 Å². The van der Waals surface area contributed by atoms with Gasteiger partial charge in [0.2, 0.25) is 5.91 Å². The van der Waals surface area contributed by atoms with Gasteiger partial charge in [0.1, 0.15) is 11.6 Å². The molecular formula is C19H21FN2O3. The Hall–Kier alpha value is -2.63. The second-order valence-electron chi connectivity index (χ2n) is 6.19. The van der Waals surface area contributed by atoms with Gasteiger partial charge in [-0.25, -0.2) is 4.39 Å². The number of aryl methyl sites for hydroxylation is 2. The predicted octanol–water partition coefficient (Wildman–Crippen LogP) is 2.64. The van der Waals surface area contributed by atoms with Gasteiger partial charge in [0.15, 0.2) is 0 Å². The molecule has 2 heterocycles. The quantitative estimate of drug-likeness (QED) is 0.857. The number of furan rings is 1. The zero-order valence-corrected chi connectivity index (χ0v) is 14.2. The van der Waals surface area contributed by atoms with Gasteiger partial charge < -0.3 is 14.2 Å². The van der Waals surface area contributed by atoms with Crippen molar-refractivity contribution in [1.82, 2.24) is 9.80 Å². The van der Waals surface area contributed by atoms with Crippen molar-refractivity contribution in [3.05, 3.63) is 59.3 Å². The number of rotatable bonds is 4. The highest BCUT2D eigenvalue weighted by Gasteiger charge is 2.26. The fourth-order valence-corrected chi connectivity index (χ4v) is 3.00. The molecule has 1 saturated heterocycles. The van der Waals surface area contributed by atoms with Gasteiger partial charge in [0.25, 0.3) is 5.91 Å². The van der Waals surface area contributed by atoms with E-state index in [0.29, 0.717) is 50.3 Å². The molecule has 6 heteroatoms. The molecule has 0 saturated carbocycles. The maximum Gasteiger partial charge on any atom is 0.257 e. The van der Waals surface area contributed by atoms with Crippen molar-refractivity contribution >= 4 is 11.8 Å². The second kappa shape index (κ2) is 7.51. The van der Waals surface area contributed by atoms with Crippen molar-refractivity contribution in [1.29, 1.82) is 0 Å². The maximum absolute atomic E-state index is 12.9. The minimum atomic E-state index is -0.274. The number of hydrogen-bond donors (Lipinski definition) is 0. The average Bonchev–Trinajstić information content (AvgIpc) is 3.06. The smallest absolute Gasteiger partial charge is 0.257 e. The summed E-state index contributed by atoms with van der Waals surface area (Å²) in [4.78, 5) is 28.3. The van der Waals surface area contributed by atoms with Crippen LogP contribution in [0.25, 0.3) is 0 Å². The number of piperazine rings is 1. The van der Waals surface area contributed by atoms with Crippen molar-refractivity contribution in [2.75, 3.05) is 26.2 Å². The summed E-state index contributed by atoms with van der Waals surface area (Å²) >= 11 is 0. The molecule has 1 fully saturated rings. The Labute approximate surface area is 146 Å². The molecule has 1 aliphatic rings. The highest BCUT2D eigenvalue weighted by molar-refractivity contribution is 5.95. The summed E-state index contributed by atoms with van der Waals surface area (Å²) in [6, 6.07) is 7.89. The molecule has 0 N–H and O–H groups in total. The van der Waals surface area contributed by atoms with Crippen LogP contribution in [-0.4, -0.2) is 47.8 Å². The van der Waals surface area contributed by atoms with Gasteiger partial charge in [-0.3, -0.25) is 9.59 Å². The van der Waals surface area contributed by atoms with E-state index in [-0.39, 0.29) is 17.6 Å². The van der Waals surface area contributed by atoms with Crippen LogP contribution < -0.4 is 0 Å². The molecule has 0 spiro atoms. The van der Waals surface area contributed by atoms with Crippen LogP contribution in [0, 0.1) is 12.7 Å². The zero-order chi connectivity index (χ0) is 17.8. The first-order valence-electron chi connectivity index (χ1n) is 8.40. The molecule has 132 valence electrons. The number of nitrogens with zero attached hydrogens (tertiary/aromatic N) is 2. The van der Waals surface area contributed by atoms with E-state index in [1.807, 2.05) is 0 Å². The van der Waals surface area contributed by atoms with Crippen LogP contribution in [-0.2, 0) is 11.2 Å². The number of amides is 2. The first-order chi connectivity index (χ1) is 12.0. The number of halogens is 1. The van der Waals surface area contributed by atoms with Crippen LogP contribution in [0.3, 0.4) is 0 Å². The average molecular weight is 344 g/mol. The number of benzene rings is 1. The molecule has 0 aliphatic carbocycles. The van der Waals surface area contributed by atoms with Gasteiger partial charge in [-0.15, -0.1) is 0 Å². The summed E-state index contributed by atoms with van der Waals surface area (Å²) in [6.07, 6.45) is 2.49. The molecule has 1 aromatic heterocycles. The lowest BCUT2D eigenvalue weighted by molar-refractivity contribution is -0.132. The minimum absolute atomic E-state index is 0.0512. The summed E-state index contributed by atoms with van der Waals surface area (Å²) < 4.78 is 18.1. The molecule has 25 heavy (non-hydrogen) atoms. The predicted molar refractivity (Wildman–Crippen MR) is 90.6 cm³/mol. The first-order valence-corrected chi connectivity index (χ1v) is 8.40. The molecule has 0 bridgehead atoms. The van der Waals surface area contributed by atoms with E-state index in [9.17, 15) is 14.0 Å². The first kappa shape index (κ1) is 17.2. The molecule has 2 aromatic rings. The van der Waals surface area contributed by atoms with E-state index in [1.165, 1.54) is 18.4 Å². The summed E-state index contributed by atoms with van der Waals surface area (Å²) in [5, 5.41) is 0. The van der Waals surface area contributed by atoms with Crippen LogP contribution >= 0.6 is 0 Å². The number of hydrogen-bond acceptors (Lipinski definition) is 3. The lowest BCUT2D eigenvalue weighted by Crippen LogP contribution is -2.50. The SMILES string of the molecule is Cc1occc1C(=O)N1CCN(C(=O)CCc2ccc(F)cc2)CC1. The van der Waals surface area contributed by atoms with Gasteiger partial charge in [0.05, 0.1) is 11.8 Å². The second-order valence-corrected chi connectivity index (χ2v) is 6.19. The highest BCUT2D eigenvalue weighted by Crippen LogP contribution is 2.15. The lowest BCUT2D eigenvalue weighted by Gasteiger charge is -2.34. The third-order valence-corrected chi connectivity index (χ3v) is 4.55. The normalized spacial score (nSPS) is 14.6. The van der Waals surface area contributed by atoms with Gasteiger partial charge in [-0.2, -0.15) is 0 Å². The van der Waals surface area contributed by atoms with E-state index >= 15 is 0 Å². The van der Waals surface area contributed by atoms with Crippen LogP contribution in [0.1, 0.15) is 28.1 Å². The Morgan fingerprint density at radius 2 is 1.68 bits per heavy atom. The Balaban J connectivity index is 1.48. The molecular weight excluding hydrogens is 323 g/mol. The molecule has 0 atom stereocenters. The number of carbonyl (C=O) groups excluding carboxylic acids is 2. The standard InChI is InChI=1S/C19H21FN2O3/c1-14-17(8-13-25-14)19(24)22-11-9-21(10-12-22)18(23)7-4-15-2-5-16(20)6-3-15/h2-3,5-6,8,13H,4,7,9-12H2,1H3. The zero-order valence-electron chi connectivity index (χ0n) is 14.2. The van der Waals surface area contributed by atoms with Crippen molar-refractivity contribution in [2.24, 2.45) is 0 Å². The lowest BCUT2D eigenvalue weighted by atomic mass is 10.1. The summed E-state index contributed by atoms with van der Waals surface area (Å²) in [5.74, 6) is 0.354. The Morgan fingerprint density at radius 1 is 1.04 bits per heavy atom. The largest absolute Gasteiger partial charge is 0.469 e. The van der Waals surface area contributed by atoms with Crippen molar-refractivity contribution in [2.45, 2.75) is 19.8 Å². The van der Waals surface area contributed by atoms with Crippen molar-refractivity contribution < 1.29 is 18.4 Å². The molecule has 5 nitrogen and oxygen atoms in total. The monoisotopic (exact) mass is 344 g/mol. The fourth-order valence-electron chi connectivity index (χ4n) is 3.00. The van der Waals surface area contributed by atoms with E-state index < -0.39 is 0 Å². The molecule has 1 aromatic carbocycles. The van der Waals surface area contributed by atoms with Gasteiger partial charge in [-0.1, -0.05) is 12.1 Å². The van der Waals surface area contributed by atoms with Crippen molar-refractivity contribution in [3.63, 3.8) is 0 Å². The maximum atomic E-state index is 12.9. The van der Waals surface area contributed by atoms with E-state index in [1.54, 1.807) is 34.9 Å². The van der Waals surface area contributed by atoms with Gasteiger partial charge in [0, 0.05) is 32.6 Å². The van der Waals surface area contributed by atoms with Crippen LogP contribution in [0.4, 0.5) is 4.39 Å². The van der Waals surface area contributed by atoms with Crippen molar-refractivity contribution in [3.8, 4) is 0 Å². The van der Waals surface area contributed by atoms with E-state index in [2.05, 4.69) is 0 Å². The van der Waals surface area contributed by atoms with Gasteiger partial charge in [-0.05, 0) is 37.1 Å².